The molecule has 5 heteroatoms. The first-order chi connectivity index (χ1) is 17.7. The minimum atomic E-state index is 0.796. The number of aromatic nitrogens is 1. The third-order valence-electron chi connectivity index (χ3n) is 5.50. The van der Waals surface area contributed by atoms with Crippen LogP contribution in [0.5, 0.6) is 0 Å². The molecule has 3 nitrogen and oxygen atoms in total. The van der Waals surface area contributed by atoms with E-state index in [1.54, 1.807) is 0 Å². The fraction of sp³-hybridized carbons (Fsp3) is 0. The fourth-order valence-electron chi connectivity index (χ4n) is 3.76. The SMILES string of the molecule is Ic1ccccc1/N=C(\c1ccccc1)c1cccc(/C(=N/c2ccccc2I)c2ccccc2)n1. The Hall–Kier alpha value is -3.17. The molecule has 36 heavy (non-hydrogen) atoms. The highest BCUT2D eigenvalue weighted by atomic mass is 127. The standard InChI is InChI=1S/C31H21I2N3/c32-24-16-7-9-18-26(24)35-30(22-12-3-1-4-13-22)28-20-11-21-29(34-28)31(23-14-5-2-6-15-23)36-27-19-10-8-17-25(27)33/h1-21H/b35-30+,36-31+. The number of aliphatic imine (C=N–C) groups is 2. The number of hydrogen-bond acceptors (Lipinski definition) is 3. The molecule has 0 fully saturated rings. The van der Waals surface area contributed by atoms with Gasteiger partial charge in [0.15, 0.2) is 0 Å². The molecule has 4 aromatic carbocycles. The zero-order chi connectivity index (χ0) is 24.7. The first-order valence-electron chi connectivity index (χ1n) is 11.4. The van der Waals surface area contributed by atoms with Crippen LogP contribution >= 0.6 is 45.2 Å². The lowest BCUT2D eigenvalue weighted by molar-refractivity contribution is 1.24. The molecule has 0 radical (unpaired) electrons. The second-order valence-corrected chi connectivity index (χ2v) is 10.3. The topological polar surface area (TPSA) is 37.6 Å². The molecule has 5 rings (SSSR count). The molecule has 174 valence electrons. The summed E-state index contributed by atoms with van der Waals surface area (Å²) in [4.78, 5) is 15.3. The van der Waals surface area contributed by atoms with Crippen molar-refractivity contribution in [2.75, 3.05) is 0 Å². The van der Waals surface area contributed by atoms with Crippen LogP contribution in [0.25, 0.3) is 0 Å². The van der Waals surface area contributed by atoms with Crippen LogP contribution in [0.4, 0.5) is 11.4 Å². The number of halogens is 2. The molecule has 0 aliphatic carbocycles. The van der Waals surface area contributed by atoms with Crippen molar-refractivity contribution in [2.45, 2.75) is 0 Å². The van der Waals surface area contributed by atoms with Crippen LogP contribution in [0.15, 0.2) is 137 Å². The van der Waals surface area contributed by atoms with Crippen molar-refractivity contribution in [2.24, 2.45) is 9.98 Å². The molecular formula is C31H21I2N3. The Labute approximate surface area is 238 Å². The Morgan fingerprint density at radius 2 is 0.833 bits per heavy atom. The van der Waals surface area contributed by atoms with Crippen LogP contribution in [-0.2, 0) is 0 Å². The summed E-state index contributed by atoms with van der Waals surface area (Å²) in [6.45, 7) is 0. The number of pyridine rings is 1. The molecule has 0 amide bonds. The van der Waals surface area contributed by atoms with Crippen LogP contribution in [0.1, 0.15) is 22.5 Å². The third kappa shape index (κ3) is 5.79. The van der Waals surface area contributed by atoms with Crippen molar-refractivity contribution in [3.05, 3.63) is 157 Å². The van der Waals surface area contributed by atoms with E-state index in [9.17, 15) is 0 Å². The maximum absolute atomic E-state index is 5.11. The molecule has 0 spiro atoms. The Morgan fingerprint density at radius 3 is 1.25 bits per heavy atom. The highest BCUT2D eigenvalue weighted by Gasteiger charge is 2.15. The van der Waals surface area contributed by atoms with E-state index in [-0.39, 0.29) is 0 Å². The molecule has 0 bridgehead atoms. The molecule has 1 heterocycles. The molecule has 0 aliphatic heterocycles. The number of para-hydroxylation sites is 2. The zero-order valence-electron chi connectivity index (χ0n) is 19.2. The van der Waals surface area contributed by atoms with E-state index < -0.39 is 0 Å². The second-order valence-electron chi connectivity index (χ2n) is 7.96. The first-order valence-corrected chi connectivity index (χ1v) is 13.6. The van der Waals surface area contributed by atoms with Gasteiger partial charge >= 0.3 is 0 Å². The Kier molecular flexibility index (Phi) is 7.98. The average molecular weight is 689 g/mol. The maximum Gasteiger partial charge on any atom is 0.0966 e. The molecule has 0 atom stereocenters. The highest BCUT2D eigenvalue weighted by Crippen LogP contribution is 2.25. The molecule has 0 aliphatic rings. The van der Waals surface area contributed by atoms with E-state index in [2.05, 4.69) is 81.6 Å². The summed E-state index contributed by atoms with van der Waals surface area (Å²) in [5.74, 6) is 0. The predicted octanol–water partition coefficient (Wildman–Crippen LogP) is 8.63. The van der Waals surface area contributed by atoms with Gasteiger partial charge < -0.3 is 0 Å². The normalized spacial score (nSPS) is 11.9. The van der Waals surface area contributed by atoms with Crippen LogP contribution in [0.2, 0.25) is 0 Å². The molecule has 0 N–H and O–H groups in total. The van der Waals surface area contributed by atoms with Gasteiger partial charge in [-0.15, -0.1) is 0 Å². The lowest BCUT2D eigenvalue weighted by Gasteiger charge is -2.12. The summed E-state index contributed by atoms with van der Waals surface area (Å²) in [5, 5.41) is 0. The lowest BCUT2D eigenvalue weighted by atomic mass is 10.0. The van der Waals surface area contributed by atoms with Crippen molar-refractivity contribution in [1.29, 1.82) is 0 Å². The summed E-state index contributed by atoms with van der Waals surface area (Å²) in [6.07, 6.45) is 0. The number of rotatable bonds is 6. The first kappa shape index (κ1) is 24.5. The molecule has 0 saturated carbocycles. The van der Waals surface area contributed by atoms with Gasteiger partial charge in [0.2, 0.25) is 0 Å². The van der Waals surface area contributed by atoms with Crippen molar-refractivity contribution < 1.29 is 0 Å². The fourth-order valence-corrected chi connectivity index (χ4v) is 4.77. The van der Waals surface area contributed by atoms with Gasteiger partial charge in [-0.25, -0.2) is 15.0 Å². The van der Waals surface area contributed by atoms with Gasteiger partial charge in [0.05, 0.1) is 34.2 Å². The molecule has 0 unspecified atom stereocenters. The number of benzene rings is 4. The lowest BCUT2D eigenvalue weighted by Crippen LogP contribution is -2.11. The second kappa shape index (κ2) is 11.7. The van der Waals surface area contributed by atoms with Gasteiger partial charge in [-0.3, -0.25) is 0 Å². The summed E-state index contributed by atoms with van der Waals surface area (Å²) in [6, 6.07) is 42.7. The summed E-state index contributed by atoms with van der Waals surface area (Å²) >= 11 is 4.65. The van der Waals surface area contributed by atoms with Gasteiger partial charge in [-0.1, -0.05) is 91.0 Å². The van der Waals surface area contributed by atoms with Crippen molar-refractivity contribution >= 4 is 68.0 Å². The van der Waals surface area contributed by atoms with Gasteiger partial charge in [0.25, 0.3) is 0 Å². The van der Waals surface area contributed by atoms with Crippen molar-refractivity contribution in [3.8, 4) is 0 Å². The molecule has 5 aromatic rings. The van der Waals surface area contributed by atoms with E-state index in [0.29, 0.717) is 0 Å². The van der Waals surface area contributed by atoms with Crippen LogP contribution < -0.4 is 0 Å². The van der Waals surface area contributed by atoms with E-state index in [1.165, 1.54) is 0 Å². The third-order valence-corrected chi connectivity index (χ3v) is 7.32. The maximum atomic E-state index is 5.11. The highest BCUT2D eigenvalue weighted by molar-refractivity contribution is 14.1. The minimum Gasteiger partial charge on any atom is -0.245 e. The van der Waals surface area contributed by atoms with Crippen molar-refractivity contribution in [1.82, 2.24) is 4.98 Å². The smallest absolute Gasteiger partial charge is 0.0966 e. The van der Waals surface area contributed by atoms with Gasteiger partial charge in [0, 0.05) is 18.3 Å². The van der Waals surface area contributed by atoms with Crippen LogP contribution in [-0.4, -0.2) is 16.4 Å². The molecule has 0 saturated heterocycles. The van der Waals surface area contributed by atoms with Crippen molar-refractivity contribution in [3.63, 3.8) is 0 Å². The van der Waals surface area contributed by atoms with Crippen LogP contribution in [0, 0.1) is 7.14 Å². The summed E-state index contributed by atoms with van der Waals surface area (Å²) < 4.78 is 2.18. The quantitative estimate of drug-likeness (QED) is 0.130. The van der Waals surface area contributed by atoms with E-state index in [4.69, 9.17) is 15.0 Å². The molecular weight excluding hydrogens is 668 g/mol. The predicted molar refractivity (Wildman–Crippen MR) is 166 cm³/mol. The van der Waals surface area contributed by atoms with E-state index in [0.717, 1.165) is 52.5 Å². The van der Waals surface area contributed by atoms with E-state index >= 15 is 0 Å². The van der Waals surface area contributed by atoms with E-state index in [1.807, 2.05) is 91.0 Å². The summed E-state index contributed by atoms with van der Waals surface area (Å²) in [7, 11) is 0. The monoisotopic (exact) mass is 689 g/mol. The molecule has 1 aromatic heterocycles. The van der Waals surface area contributed by atoms with Gasteiger partial charge in [0.1, 0.15) is 0 Å². The minimum absolute atomic E-state index is 0.796. The zero-order valence-corrected chi connectivity index (χ0v) is 23.5. The van der Waals surface area contributed by atoms with Gasteiger partial charge in [-0.05, 0) is 81.6 Å². The number of nitrogens with zero attached hydrogens (tertiary/aromatic N) is 3. The van der Waals surface area contributed by atoms with Crippen LogP contribution in [0.3, 0.4) is 0 Å². The Balaban J connectivity index is 1.69. The largest absolute Gasteiger partial charge is 0.245 e. The Bertz CT molecular complexity index is 1430. The average Bonchev–Trinajstić information content (AvgIpc) is 2.93. The Morgan fingerprint density at radius 1 is 0.444 bits per heavy atom. The van der Waals surface area contributed by atoms with Gasteiger partial charge in [-0.2, -0.15) is 0 Å². The summed E-state index contributed by atoms with van der Waals surface area (Å²) in [5.41, 5.74) is 7.09. The number of hydrogen-bond donors (Lipinski definition) is 0.